The number of benzene rings is 2. The van der Waals surface area contributed by atoms with Crippen molar-refractivity contribution in [1.82, 2.24) is 14.7 Å². The van der Waals surface area contributed by atoms with Crippen LogP contribution in [-0.2, 0) is 13.1 Å². The van der Waals surface area contributed by atoms with Gasteiger partial charge in [0.1, 0.15) is 17.2 Å². The Kier molecular flexibility index (Phi) is 6.82. The van der Waals surface area contributed by atoms with Crippen LogP contribution in [0.3, 0.4) is 0 Å². The molecule has 1 aliphatic carbocycles. The zero-order chi connectivity index (χ0) is 24.2. The van der Waals surface area contributed by atoms with E-state index in [0.717, 1.165) is 33.8 Å². The van der Waals surface area contributed by atoms with E-state index < -0.39 is 0 Å². The van der Waals surface area contributed by atoms with Gasteiger partial charge >= 0.3 is 0 Å². The van der Waals surface area contributed by atoms with Crippen molar-refractivity contribution in [3.8, 4) is 11.3 Å². The number of nitrogens with two attached hydrogens (primary N) is 1. The average molecular weight is 468 g/mol. The molecule has 35 heavy (non-hydrogen) atoms. The van der Waals surface area contributed by atoms with Gasteiger partial charge in [0.25, 0.3) is 5.91 Å². The number of imidazole rings is 1. The number of carbonyl (C=O) groups is 1. The van der Waals surface area contributed by atoms with Crippen LogP contribution >= 0.6 is 0 Å². The topological polar surface area (TPSA) is 84.5 Å². The Hall–Kier alpha value is -3.64. The molecule has 1 saturated carbocycles. The van der Waals surface area contributed by atoms with Crippen molar-refractivity contribution in [3.63, 3.8) is 0 Å². The summed E-state index contributed by atoms with van der Waals surface area (Å²) < 4.78 is 2.07. The van der Waals surface area contributed by atoms with Crippen LogP contribution in [0.2, 0.25) is 0 Å². The molecule has 1 amide bonds. The van der Waals surface area contributed by atoms with E-state index in [9.17, 15) is 4.79 Å². The summed E-state index contributed by atoms with van der Waals surface area (Å²) in [7, 11) is 0. The molecule has 0 spiro atoms. The normalized spacial score (nSPS) is 14.2. The van der Waals surface area contributed by atoms with E-state index in [0.29, 0.717) is 24.7 Å². The number of anilines is 1. The summed E-state index contributed by atoms with van der Waals surface area (Å²) >= 11 is 0. The van der Waals surface area contributed by atoms with Gasteiger partial charge in [-0.1, -0.05) is 73.4 Å². The van der Waals surface area contributed by atoms with E-state index in [2.05, 4.69) is 46.2 Å². The van der Waals surface area contributed by atoms with Gasteiger partial charge in [0, 0.05) is 36.5 Å². The van der Waals surface area contributed by atoms with Crippen LogP contribution in [0.15, 0.2) is 66.9 Å². The second kappa shape index (κ2) is 10.3. The van der Waals surface area contributed by atoms with E-state index in [1.165, 1.54) is 37.7 Å². The van der Waals surface area contributed by atoms with Gasteiger partial charge in [0.2, 0.25) is 0 Å². The Morgan fingerprint density at radius 1 is 1.03 bits per heavy atom. The molecule has 1 aliphatic rings. The predicted octanol–water partition coefficient (Wildman–Crippen LogP) is 5.44. The molecule has 0 unspecified atom stereocenters. The lowest BCUT2D eigenvalue weighted by atomic mass is 9.95. The number of aryl methyl sites for hydroxylation is 1. The minimum atomic E-state index is -0.118. The van der Waals surface area contributed by atoms with Crippen LogP contribution in [-0.4, -0.2) is 21.3 Å². The number of carbonyl (C=O) groups excluding carboxylic acids is 1. The fourth-order valence-electron chi connectivity index (χ4n) is 4.83. The Morgan fingerprint density at radius 3 is 2.57 bits per heavy atom. The van der Waals surface area contributed by atoms with Crippen LogP contribution in [0.5, 0.6) is 0 Å². The molecule has 2 aromatic carbocycles. The number of nitrogens with zero attached hydrogens (tertiary/aromatic N) is 2. The second-order valence-corrected chi connectivity index (χ2v) is 9.50. The molecular weight excluding hydrogens is 434 g/mol. The molecule has 0 bridgehead atoms. The van der Waals surface area contributed by atoms with E-state index in [1.807, 2.05) is 42.6 Å². The maximum atomic E-state index is 12.9. The molecule has 4 aromatic rings. The highest BCUT2D eigenvalue weighted by Crippen LogP contribution is 2.32. The van der Waals surface area contributed by atoms with Crippen molar-refractivity contribution in [2.75, 3.05) is 5.32 Å². The lowest BCUT2D eigenvalue weighted by Crippen LogP contribution is -2.24. The Labute approximate surface area is 206 Å². The van der Waals surface area contributed by atoms with Crippen molar-refractivity contribution in [1.29, 1.82) is 0 Å². The van der Waals surface area contributed by atoms with Gasteiger partial charge < -0.3 is 16.4 Å². The van der Waals surface area contributed by atoms with Gasteiger partial charge in [-0.25, -0.2) is 4.98 Å². The molecule has 2 heterocycles. The summed E-state index contributed by atoms with van der Waals surface area (Å²) in [5, 5.41) is 6.81. The molecule has 6 heteroatoms. The molecule has 180 valence electrons. The lowest BCUT2D eigenvalue weighted by molar-refractivity contribution is 0.0951. The molecule has 5 rings (SSSR count). The van der Waals surface area contributed by atoms with Gasteiger partial charge in [0.05, 0.1) is 0 Å². The smallest absolute Gasteiger partial charge is 0.251 e. The zero-order valence-corrected chi connectivity index (χ0v) is 20.3. The van der Waals surface area contributed by atoms with E-state index in [-0.39, 0.29) is 5.91 Å². The first kappa shape index (κ1) is 23.1. The van der Waals surface area contributed by atoms with Gasteiger partial charge in [0.15, 0.2) is 0 Å². The fraction of sp³-hybridized carbons (Fsp3) is 0.310. The van der Waals surface area contributed by atoms with Gasteiger partial charge in [-0.15, -0.1) is 0 Å². The second-order valence-electron chi connectivity index (χ2n) is 9.50. The SMILES string of the molecule is Cc1ccc(-c2nc3cc(C(=O)NCc4cccc(CN)c4)ccn3c2NC2CCCCC2)cc1. The Balaban J connectivity index is 1.43. The standard InChI is InChI=1S/C29H33N5O/c1-20-10-12-23(13-11-20)27-28(32-25-8-3-2-4-9-25)34-15-14-24(17-26(34)33-27)29(35)31-19-22-7-5-6-21(16-22)18-30/h5-7,10-17,25,32H,2-4,8-9,18-19,30H2,1H3,(H,31,35). The van der Waals surface area contributed by atoms with Crippen LogP contribution in [0.1, 0.15) is 59.2 Å². The van der Waals surface area contributed by atoms with Crippen LogP contribution in [0.4, 0.5) is 5.82 Å². The third kappa shape index (κ3) is 5.23. The average Bonchev–Trinajstić information content (AvgIpc) is 3.25. The minimum absolute atomic E-state index is 0.118. The minimum Gasteiger partial charge on any atom is -0.367 e. The highest BCUT2D eigenvalue weighted by molar-refractivity contribution is 5.95. The van der Waals surface area contributed by atoms with Gasteiger partial charge in [-0.3, -0.25) is 9.20 Å². The van der Waals surface area contributed by atoms with Crippen molar-refractivity contribution in [3.05, 3.63) is 89.1 Å². The number of fused-ring (bicyclic) bond motifs is 1. The number of pyridine rings is 1. The third-order valence-corrected chi connectivity index (χ3v) is 6.84. The zero-order valence-electron chi connectivity index (χ0n) is 20.3. The monoisotopic (exact) mass is 467 g/mol. The lowest BCUT2D eigenvalue weighted by Gasteiger charge is -2.24. The Bertz CT molecular complexity index is 1320. The summed E-state index contributed by atoms with van der Waals surface area (Å²) in [5.41, 5.74) is 12.4. The summed E-state index contributed by atoms with van der Waals surface area (Å²) in [6.07, 6.45) is 8.12. The molecule has 1 fully saturated rings. The summed E-state index contributed by atoms with van der Waals surface area (Å²) in [4.78, 5) is 17.9. The fourth-order valence-corrected chi connectivity index (χ4v) is 4.83. The molecular formula is C29H33N5O. The van der Waals surface area contributed by atoms with Crippen molar-refractivity contribution < 1.29 is 4.79 Å². The molecule has 0 atom stereocenters. The van der Waals surface area contributed by atoms with Crippen LogP contribution < -0.4 is 16.4 Å². The quantitative estimate of drug-likeness (QED) is 0.338. The van der Waals surface area contributed by atoms with Gasteiger partial charge in [-0.05, 0) is 43.0 Å². The molecule has 0 aliphatic heterocycles. The number of nitrogens with one attached hydrogen (secondary N) is 2. The Morgan fingerprint density at radius 2 is 1.80 bits per heavy atom. The number of hydrogen-bond acceptors (Lipinski definition) is 4. The highest BCUT2D eigenvalue weighted by atomic mass is 16.1. The van der Waals surface area contributed by atoms with E-state index in [1.54, 1.807) is 0 Å². The number of amides is 1. The number of hydrogen-bond donors (Lipinski definition) is 3. The number of rotatable bonds is 7. The van der Waals surface area contributed by atoms with Crippen molar-refractivity contribution in [2.24, 2.45) is 5.73 Å². The van der Waals surface area contributed by atoms with Crippen LogP contribution in [0, 0.1) is 6.92 Å². The first-order valence-electron chi connectivity index (χ1n) is 12.5. The summed E-state index contributed by atoms with van der Waals surface area (Å²) in [6.45, 7) is 3.03. The molecule has 0 saturated heterocycles. The molecule has 4 N–H and O–H groups in total. The largest absolute Gasteiger partial charge is 0.367 e. The van der Waals surface area contributed by atoms with Crippen molar-refractivity contribution in [2.45, 2.75) is 58.2 Å². The third-order valence-electron chi connectivity index (χ3n) is 6.84. The van der Waals surface area contributed by atoms with Crippen LogP contribution in [0.25, 0.3) is 16.9 Å². The first-order valence-corrected chi connectivity index (χ1v) is 12.5. The molecule has 6 nitrogen and oxygen atoms in total. The predicted molar refractivity (Wildman–Crippen MR) is 141 cm³/mol. The van der Waals surface area contributed by atoms with Crippen molar-refractivity contribution >= 4 is 17.4 Å². The first-order chi connectivity index (χ1) is 17.1. The summed E-state index contributed by atoms with van der Waals surface area (Å²) in [6, 6.07) is 20.6. The number of aromatic nitrogens is 2. The maximum Gasteiger partial charge on any atom is 0.251 e. The molecule has 2 aromatic heterocycles. The maximum absolute atomic E-state index is 12.9. The van der Waals surface area contributed by atoms with E-state index in [4.69, 9.17) is 10.7 Å². The summed E-state index contributed by atoms with van der Waals surface area (Å²) in [5.74, 6) is 0.883. The molecule has 0 radical (unpaired) electrons. The highest BCUT2D eigenvalue weighted by Gasteiger charge is 2.20. The van der Waals surface area contributed by atoms with Gasteiger partial charge in [-0.2, -0.15) is 0 Å². The van der Waals surface area contributed by atoms with E-state index >= 15 is 0 Å².